The maximum atomic E-state index is 12.5. The number of benzene rings is 1. The van der Waals surface area contributed by atoms with E-state index in [0.29, 0.717) is 26.2 Å². The lowest BCUT2D eigenvalue weighted by molar-refractivity contribution is -0.134. The molecule has 1 aromatic carbocycles. The van der Waals surface area contributed by atoms with E-state index >= 15 is 0 Å². The van der Waals surface area contributed by atoms with E-state index in [0.717, 1.165) is 25.3 Å². The van der Waals surface area contributed by atoms with Crippen molar-refractivity contribution in [1.82, 2.24) is 14.7 Å². The maximum absolute atomic E-state index is 12.5. The molecule has 0 spiro atoms. The van der Waals surface area contributed by atoms with Gasteiger partial charge in [0.2, 0.25) is 11.8 Å². The molecule has 0 radical (unpaired) electrons. The molecule has 150 valence electrons. The van der Waals surface area contributed by atoms with Gasteiger partial charge in [0.1, 0.15) is 0 Å². The molecule has 0 atom stereocenters. The number of aryl methyl sites for hydroxylation is 1. The van der Waals surface area contributed by atoms with Gasteiger partial charge in [-0.1, -0.05) is 23.8 Å². The number of hydrogen-bond donors (Lipinski definition) is 1. The highest BCUT2D eigenvalue weighted by Gasteiger charge is 2.23. The Labute approximate surface area is 170 Å². The van der Waals surface area contributed by atoms with Gasteiger partial charge >= 0.3 is 0 Å². The Morgan fingerprint density at radius 3 is 2.46 bits per heavy atom. The van der Waals surface area contributed by atoms with Crippen LogP contribution in [0, 0.1) is 6.92 Å². The molecular weight excluding hydrogens is 372 g/mol. The van der Waals surface area contributed by atoms with Gasteiger partial charge in [0.15, 0.2) is 0 Å². The second kappa shape index (κ2) is 9.82. The van der Waals surface area contributed by atoms with E-state index in [1.54, 1.807) is 11.3 Å². The lowest BCUT2D eigenvalue weighted by atomic mass is 10.2. The summed E-state index contributed by atoms with van der Waals surface area (Å²) in [6.07, 6.45) is 0. The Bertz CT molecular complexity index is 768. The molecule has 2 amide bonds. The van der Waals surface area contributed by atoms with Gasteiger partial charge in [0, 0.05) is 43.3 Å². The van der Waals surface area contributed by atoms with Crippen LogP contribution in [0.25, 0.3) is 0 Å². The molecule has 1 saturated heterocycles. The topological polar surface area (TPSA) is 55.9 Å². The number of thiophene rings is 1. The van der Waals surface area contributed by atoms with Crippen LogP contribution in [0.5, 0.6) is 0 Å². The zero-order chi connectivity index (χ0) is 19.9. The largest absolute Gasteiger partial charge is 0.339 e. The molecule has 0 unspecified atom stereocenters. The van der Waals surface area contributed by atoms with Gasteiger partial charge in [-0.3, -0.25) is 19.4 Å². The number of anilines is 1. The van der Waals surface area contributed by atoms with Crippen LogP contribution in [0.1, 0.15) is 10.4 Å². The van der Waals surface area contributed by atoms with Crippen molar-refractivity contribution in [2.75, 3.05) is 51.6 Å². The number of likely N-dealkylation sites (N-methyl/N-ethyl adjacent to an activating group) is 1. The zero-order valence-electron chi connectivity index (χ0n) is 16.6. The Balaban J connectivity index is 1.38. The fraction of sp³-hybridized carbons (Fsp3) is 0.429. The normalized spacial score (nSPS) is 15.0. The van der Waals surface area contributed by atoms with Gasteiger partial charge in [0.25, 0.3) is 0 Å². The Morgan fingerprint density at radius 2 is 1.82 bits per heavy atom. The molecule has 0 saturated carbocycles. The van der Waals surface area contributed by atoms with E-state index in [2.05, 4.69) is 26.6 Å². The van der Waals surface area contributed by atoms with Crippen molar-refractivity contribution >= 4 is 28.8 Å². The van der Waals surface area contributed by atoms with E-state index in [4.69, 9.17) is 0 Å². The van der Waals surface area contributed by atoms with Crippen LogP contribution < -0.4 is 5.32 Å². The van der Waals surface area contributed by atoms with Gasteiger partial charge in [-0.2, -0.15) is 0 Å². The maximum Gasteiger partial charge on any atom is 0.238 e. The Kier molecular flexibility index (Phi) is 7.19. The Morgan fingerprint density at radius 1 is 1.11 bits per heavy atom. The number of nitrogens with one attached hydrogen (secondary N) is 1. The molecule has 0 bridgehead atoms. The molecule has 1 aliphatic heterocycles. The molecule has 1 fully saturated rings. The summed E-state index contributed by atoms with van der Waals surface area (Å²) in [5.74, 6) is 0.141. The summed E-state index contributed by atoms with van der Waals surface area (Å²) in [7, 11) is 1.98. The highest BCUT2D eigenvalue weighted by molar-refractivity contribution is 7.09. The van der Waals surface area contributed by atoms with Gasteiger partial charge in [-0.15, -0.1) is 11.3 Å². The molecule has 2 aromatic rings. The third kappa shape index (κ3) is 6.15. The standard InChI is InChI=1S/C21H28N4O2S/c1-17-5-7-18(8-6-17)22-20(26)15-24-9-11-25(12-10-24)21(27)16-23(2)14-19-4-3-13-28-19/h3-8,13H,9-12,14-16H2,1-2H3,(H,22,26). The van der Waals surface area contributed by atoms with Crippen LogP contribution in [0.2, 0.25) is 0 Å². The molecule has 1 aliphatic rings. The van der Waals surface area contributed by atoms with Crippen molar-refractivity contribution in [3.63, 3.8) is 0 Å². The van der Waals surface area contributed by atoms with Gasteiger partial charge in [0.05, 0.1) is 13.1 Å². The number of piperazine rings is 1. The summed E-state index contributed by atoms with van der Waals surface area (Å²) in [6, 6.07) is 11.9. The number of hydrogen-bond acceptors (Lipinski definition) is 5. The summed E-state index contributed by atoms with van der Waals surface area (Å²) in [4.78, 5) is 32.1. The first-order valence-corrected chi connectivity index (χ1v) is 10.4. The van der Waals surface area contributed by atoms with Crippen molar-refractivity contribution in [2.24, 2.45) is 0 Å². The van der Waals surface area contributed by atoms with Crippen LogP contribution in [0.4, 0.5) is 5.69 Å². The quantitative estimate of drug-likeness (QED) is 0.775. The average molecular weight is 401 g/mol. The van der Waals surface area contributed by atoms with Crippen LogP contribution in [-0.4, -0.2) is 72.8 Å². The molecule has 3 rings (SSSR count). The smallest absolute Gasteiger partial charge is 0.238 e. The molecular formula is C21H28N4O2S. The monoisotopic (exact) mass is 400 g/mol. The second-order valence-electron chi connectivity index (χ2n) is 7.32. The van der Waals surface area contributed by atoms with E-state index in [-0.39, 0.29) is 11.8 Å². The first kappa shape index (κ1) is 20.5. The van der Waals surface area contributed by atoms with Gasteiger partial charge < -0.3 is 10.2 Å². The first-order valence-electron chi connectivity index (χ1n) is 9.57. The van der Waals surface area contributed by atoms with Crippen molar-refractivity contribution in [3.8, 4) is 0 Å². The highest BCUT2D eigenvalue weighted by atomic mass is 32.1. The van der Waals surface area contributed by atoms with Gasteiger partial charge in [-0.05, 0) is 37.6 Å². The molecule has 1 aromatic heterocycles. The molecule has 0 aliphatic carbocycles. The van der Waals surface area contributed by atoms with Crippen molar-refractivity contribution in [3.05, 3.63) is 52.2 Å². The fourth-order valence-electron chi connectivity index (χ4n) is 3.25. The third-order valence-electron chi connectivity index (χ3n) is 4.84. The van der Waals surface area contributed by atoms with E-state index in [1.807, 2.05) is 49.2 Å². The number of amides is 2. The summed E-state index contributed by atoms with van der Waals surface area (Å²) in [5.41, 5.74) is 1.98. The second-order valence-corrected chi connectivity index (χ2v) is 8.36. The fourth-order valence-corrected chi connectivity index (χ4v) is 4.04. The summed E-state index contributed by atoms with van der Waals surface area (Å²) in [5, 5.41) is 4.99. The van der Waals surface area contributed by atoms with Crippen LogP contribution in [-0.2, 0) is 16.1 Å². The van der Waals surface area contributed by atoms with Crippen molar-refractivity contribution in [1.29, 1.82) is 0 Å². The minimum atomic E-state index is -0.0145. The van der Waals surface area contributed by atoms with E-state index in [1.165, 1.54) is 10.4 Å². The number of carbonyl (C=O) groups is 2. The van der Waals surface area contributed by atoms with Crippen molar-refractivity contribution in [2.45, 2.75) is 13.5 Å². The number of carbonyl (C=O) groups excluding carboxylic acids is 2. The lowest BCUT2D eigenvalue weighted by Crippen LogP contribution is -2.52. The molecule has 7 heteroatoms. The first-order chi connectivity index (χ1) is 13.5. The minimum Gasteiger partial charge on any atom is -0.339 e. The molecule has 6 nitrogen and oxygen atoms in total. The molecule has 2 heterocycles. The predicted molar refractivity (Wildman–Crippen MR) is 113 cm³/mol. The van der Waals surface area contributed by atoms with Crippen LogP contribution >= 0.6 is 11.3 Å². The number of rotatable bonds is 7. The van der Waals surface area contributed by atoms with Crippen LogP contribution in [0.15, 0.2) is 41.8 Å². The SMILES string of the molecule is Cc1ccc(NC(=O)CN2CCN(C(=O)CN(C)Cc3cccs3)CC2)cc1. The summed E-state index contributed by atoms with van der Waals surface area (Å²) >= 11 is 1.71. The zero-order valence-corrected chi connectivity index (χ0v) is 17.4. The molecule has 1 N–H and O–H groups in total. The third-order valence-corrected chi connectivity index (χ3v) is 5.70. The number of nitrogens with zero attached hydrogens (tertiary/aromatic N) is 3. The molecule has 28 heavy (non-hydrogen) atoms. The van der Waals surface area contributed by atoms with E-state index < -0.39 is 0 Å². The summed E-state index contributed by atoms with van der Waals surface area (Å²) in [6.45, 7) is 6.38. The predicted octanol–water partition coefficient (Wildman–Crippen LogP) is 2.27. The minimum absolute atomic E-state index is 0.0145. The van der Waals surface area contributed by atoms with E-state index in [9.17, 15) is 9.59 Å². The Hall–Kier alpha value is -2.22. The van der Waals surface area contributed by atoms with Crippen LogP contribution in [0.3, 0.4) is 0 Å². The highest BCUT2D eigenvalue weighted by Crippen LogP contribution is 2.12. The van der Waals surface area contributed by atoms with Crippen molar-refractivity contribution < 1.29 is 9.59 Å². The summed E-state index contributed by atoms with van der Waals surface area (Å²) < 4.78 is 0. The average Bonchev–Trinajstić information content (AvgIpc) is 3.17. The van der Waals surface area contributed by atoms with Gasteiger partial charge in [-0.25, -0.2) is 0 Å². The lowest BCUT2D eigenvalue weighted by Gasteiger charge is -2.35.